The van der Waals surface area contributed by atoms with Gasteiger partial charge in [0.05, 0.1) is 4.90 Å². The molecule has 0 saturated heterocycles. The minimum absolute atomic E-state index is 0.131. The van der Waals surface area contributed by atoms with E-state index in [1.54, 1.807) is 30.3 Å². The molecule has 0 amide bonds. The SMILES string of the molecule is Cc1ccc(S(=O)(=O)N2CC=C(C(=O)C3CC3)C2)cc1. The van der Waals surface area contributed by atoms with Crippen LogP contribution in [0.1, 0.15) is 18.4 Å². The molecule has 0 bridgehead atoms. The zero-order valence-electron chi connectivity index (χ0n) is 11.4. The molecule has 0 spiro atoms. The van der Waals surface area contributed by atoms with Crippen molar-refractivity contribution in [3.05, 3.63) is 41.5 Å². The lowest BCUT2D eigenvalue weighted by Gasteiger charge is -2.16. The van der Waals surface area contributed by atoms with Gasteiger partial charge >= 0.3 is 0 Å². The first-order valence-electron chi connectivity index (χ1n) is 6.78. The minimum atomic E-state index is -3.50. The van der Waals surface area contributed by atoms with E-state index in [0.717, 1.165) is 18.4 Å². The van der Waals surface area contributed by atoms with E-state index in [2.05, 4.69) is 0 Å². The van der Waals surface area contributed by atoms with Crippen LogP contribution in [0.25, 0.3) is 0 Å². The number of nitrogens with zero attached hydrogens (tertiary/aromatic N) is 1. The maximum atomic E-state index is 12.5. The van der Waals surface area contributed by atoms with Crippen LogP contribution in [0.5, 0.6) is 0 Å². The fraction of sp³-hybridized carbons (Fsp3) is 0.400. The quantitative estimate of drug-likeness (QED) is 0.851. The van der Waals surface area contributed by atoms with E-state index < -0.39 is 10.0 Å². The molecule has 5 heteroatoms. The van der Waals surface area contributed by atoms with E-state index in [1.165, 1.54) is 4.31 Å². The summed E-state index contributed by atoms with van der Waals surface area (Å²) in [5, 5.41) is 0. The molecule has 1 aromatic carbocycles. The summed E-state index contributed by atoms with van der Waals surface area (Å²) in [5.41, 5.74) is 1.68. The number of sulfonamides is 1. The third-order valence-corrected chi connectivity index (χ3v) is 5.64. The number of carbonyl (C=O) groups excluding carboxylic acids is 1. The molecule has 1 fully saturated rings. The fourth-order valence-corrected chi connectivity index (χ4v) is 3.72. The fourth-order valence-electron chi connectivity index (χ4n) is 2.36. The van der Waals surface area contributed by atoms with Crippen molar-refractivity contribution in [1.29, 1.82) is 0 Å². The number of Topliss-reactive ketones (excluding diaryl/α,β-unsaturated/α-hetero) is 1. The molecule has 3 rings (SSSR count). The molecule has 0 N–H and O–H groups in total. The monoisotopic (exact) mass is 291 g/mol. The zero-order valence-corrected chi connectivity index (χ0v) is 12.2. The molecule has 20 heavy (non-hydrogen) atoms. The van der Waals surface area contributed by atoms with Crippen LogP contribution in [0.2, 0.25) is 0 Å². The lowest BCUT2D eigenvalue weighted by Crippen LogP contribution is -2.30. The molecule has 1 aliphatic carbocycles. The van der Waals surface area contributed by atoms with Crippen LogP contribution in [0, 0.1) is 12.8 Å². The topological polar surface area (TPSA) is 54.5 Å². The summed E-state index contributed by atoms with van der Waals surface area (Å²) in [4.78, 5) is 12.3. The third-order valence-electron chi connectivity index (χ3n) is 3.81. The molecule has 0 aromatic heterocycles. The van der Waals surface area contributed by atoms with Crippen LogP contribution in [0.4, 0.5) is 0 Å². The van der Waals surface area contributed by atoms with Crippen molar-refractivity contribution in [1.82, 2.24) is 4.31 Å². The van der Waals surface area contributed by atoms with Gasteiger partial charge in [-0.2, -0.15) is 4.31 Å². The molecule has 1 aliphatic heterocycles. The van der Waals surface area contributed by atoms with Crippen molar-refractivity contribution in [2.24, 2.45) is 5.92 Å². The van der Waals surface area contributed by atoms with E-state index in [1.807, 2.05) is 6.92 Å². The lowest BCUT2D eigenvalue weighted by molar-refractivity contribution is -0.116. The largest absolute Gasteiger partial charge is 0.294 e. The summed E-state index contributed by atoms with van der Waals surface area (Å²) in [6, 6.07) is 6.80. The molecule has 4 nitrogen and oxygen atoms in total. The maximum Gasteiger partial charge on any atom is 0.243 e. The number of hydrogen-bond acceptors (Lipinski definition) is 3. The molecule has 1 saturated carbocycles. The molecule has 1 aromatic rings. The Labute approximate surface area is 119 Å². The van der Waals surface area contributed by atoms with Gasteiger partial charge in [-0.25, -0.2) is 8.42 Å². The summed E-state index contributed by atoms with van der Waals surface area (Å²) in [5.74, 6) is 0.273. The Morgan fingerprint density at radius 3 is 2.45 bits per heavy atom. The Kier molecular flexibility index (Phi) is 3.26. The standard InChI is InChI=1S/C15H17NO3S/c1-11-2-6-14(7-3-11)20(18,19)16-9-8-13(10-16)15(17)12-4-5-12/h2-3,6-8,12H,4-5,9-10H2,1H3. The Bertz CT molecular complexity index is 670. The van der Waals surface area contributed by atoms with Gasteiger partial charge < -0.3 is 0 Å². The van der Waals surface area contributed by atoms with Crippen molar-refractivity contribution in [3.63, 3.8) is 0 Å². The van der Waals surface area contributed by atoms with Gasteiger partial charge in [0.25, 0.3) is 0 Å². The molecule has 0 unspecified atom stereocenters. The molecular formula is C15H17NO3S. The van der Waals surface area contributed by atoms with Crippen molar-refractivity contribution in [3.8, 4) is 0 Å². The van der Waals surface area contributed by atoms with E-state index in [-0.39, 0.29) is 23.1 Å². The first kappa shape index (κ1) is 13.5. The van der Waals surface area contributed by atoms with Crippen LogP contribution in [0.15, 0.2) is 40.8 Å². The van der Waals surface area contributed by atoms with Crippen LogP contribution in [0.3, 0.4) is 0 Å². The number of aryl methyl sites for hydroxylation is 1. The van der Waals surface area contributed by atoms with Gasteiger partial charge in [0, 0.05) is 24.6 Å². The Hall–Kier alpha value is -1.46. The molecule has 1 heterocycles. The number of benzene rings is 1. The Morgan fingerprint density at radius 1 is 1.20 bits per heavy atom. The van der Waals surface area contributed by atoms with Crippen LogP contribution in [-0.4, -0.2) is 31.6 Å². The van der Waals surface area contributed by atoms with E-state index in [0.29, 0.717) is 12.1 Å². The van der Waals surface area contributed by atoms with Gasteiger partial charge in [-0.05, 0) is 31.9 Å². The van der Waals surface area contributed by atoms with Gasteiger partial charge in [0.2, 0.25) is 10.0 Å². The van der Waals surface area contributed by atoms with E-state index in [9.17, 15) is 13.2 Å². The minimum Gasteiger partial charge on any atom is -0.294 e. The molecule has 106 valence electrons. The van der Waals surface area contributed by atoms with Crippen LogP contribution in [-0.2, 0) is 14.8 Å². The second-order valence-electron chi connectivity index (χ2n) is 5.48. The first-order chi connectivity index (χ1) is 9.48. The summed E-state index contributed by atoms with van der Waals surface area (Å²) < 4.78 is 26.3. The van der Waals surface area contributed by atoms with Crippen molar-refractivity contribution >= 4 is 15.8 Å². The van der Waals surface area contributed by atoms with Gasteiger partial charge in [-0.15, -0.1) is 0 Å². The maximum absolute atomic E-state index is 12.5. The molecule has 0 radical (unpaired) electrons. The van der Waals surface area contributed by atoms with E-state index in [4.69, 9.17) is 0 Å². The summed E-state index contributed by atoms with van der Waals surface area (Å²) in [6.07, 6.45) is 3.65. The average molecular weight is 291 g/mol. The summed E-state index contributed by atoms with van der Waals surface area (Å²) in [7, 11) is -3.50. The molecule has 2 aliphatic rings. The van der Waals surface area contributed by atoms with Crippen molar-refractivity contribution in [2.75, 3.05) is 13.1 Å². The Balaban J connectivity index is 1.77. The third kappa shape index (κ3) is 2.43. The van der Waals surface area contributed by atoms with Crippen molar-refractivity contribution in [2.45, 2.75) is 24.7 Å². The van der Waals surface area contributed by atoms with Gasteiger partial charge in [0.1, 0.15) is 0 Å². The average Bonchev–Trinajstić information content (AvgIpc) is 3.14. The highest BCUT2D eigenvalue weighted by atomic mass is 32.2. The Morgan fingerprint density at radius 2 is 1.85 bits per heavy atom. The van der Waals surface area contributed by atoms with Crippen LogP contribution < -0.4 is 0 Å². The number of hydrogen-bond donors (Lipinski definition) is 0. The first-order valence-corrected chi connectivity index (χ1v) is 8.22. The highest BCUT2D eigenvalue weighted by molar-refractivity contribution is 7.89. The number of rotatable bonds is 4. The van der Waals surface area contributed by atoms with E-state index >= 15 is 0 Å². The highest BCUT2D eigenvalue weighted by Gasteiger charge is 2.36. The van der Waals surface area contributed by atoms with Crippen LogP contribution >= 0.6 is 0 Å². The molecule has 0 atom stereocenters. The number of carbonyl (C=O) groups is 1. The predicted octanol–water partition coefficient (Wildman–Crippen LogP) is 1.90. The lowest BCUT2D eigenvalue weighted by atomic mass is 10.1. The van der Waals surface area contributed by atoms with Crippen molar-refractivity contribution < 1.29 is 13.2 Å². The van der Waals surface area contributed by atoms with Gasteiger partial charge in [-0.1, -0.05) is 23.8 Å². The van der Waals surface area contributed by atoms with Gasteiger partial charge in [-0.3, -0.25) is 4.79 Å². The van der Waals surface area contributed by atoms with Gasteiger partial charge in [0.15, 0.2) is 5.78 Å². The predicted molar refractivity (Wildman–Crippen MR) is 75.8 cm³/mol. The summed E-state index contributed by atoms with van der Waals surface area (Å²) in [6.45, 7) is 2.43. The summed E-state index contributed by atoms with van der Waals surface area (Å²) >= 11 is 0. The zero-order chi connectivity index (χ0) is 14.3. The second-order valence-corrected chi connectivity index (χ2v) is 7.42. The highest BCUT2D eigenvalue weighted by Crippen LogP contribution is 2.34. The smallest absolute Gasteiger partial charge is 0.243 e. The number of ketones is 1. The normalized spacial score (nSPS) is 19.9. The second kappa shape index (κ2) is 4.82. The molecular weight excluding hydrogens is 274 g/mol.